The summed E-state index contributed by atoms with van der Waals surface area (Å²) >= 11 is 0. The van der Waals surface area contributed by atoms with Crippen molar-refractivity contribution in [1.29, 1.82) is 0 Å². The quantitative estimate of drug-likeness (QED) is 0.651. The van der Waals surface area contributed by atoms with Gasteiger partial charge in [0.05, 0.1) is 0 Å². The molecule has 0 aromatic carbocycles. The molecule has 0 radical (unpaired) electrons. The van der Waals surface area contributed by atoms with E-state index in [0.717, 1.165) is 17.8 Å². The van der Waals surface area contributed by atoms with Gasteiger partial charge in [0.2, 0.25) is 0 Å². The summed E-state index contributed by atoms with van der Waals surface area (Å²) in [5.74, 6) is 3.60. The first-order chi connectivity index (χ1) is 10.9. The molecule has 0 aromatic rings. The maximum atomic E-state index is 12.2. The fourth-order valence-corrected chi connectivity index (χ4v) is 7.71. The lowest BCUT2D eigenvalue weighted by Crippen LogP contribution is -2.55. The van der Waals surface area contributed by atoms with Crippen LogP contribution in [0.25, 0.3) is 0 Å². The van der Waals surface area contributed by atoms with E-state index in [0.29, 0.717) is 30.1 Å². The van der Waals surface area contributed by atoms with Crippen LogP contribution in [0.3, 0.4) is 0 Å². The zero-order chi connectivity index (χ0) is 16.4. The molecular weight excluding hydrogens is 284 g/mol. The summed E-state index contributed by atoms with van der Waals surface area (Å²) in [5, 5.41) is 0. The van der Waals surface area contributed by atoms with E-state index in [9.17, 15) is 9.59 Å². The van der Waals surface area contributed by atoms with Crippen LogP contribution in [0, 0.1) is 40.4 Å². The van der Waals surface area contributed by atoms with E-state index in [4.69, 9.17) is 0 Å². The molecule has 1 unspecified atom stereocenters. The smallest absolute Gasteiger partial charge is 0.198 e. The molecule has 4 saturated carbocycles. The molecule has 0 spiro atoms. The molecule has 4 aliphatic carbocycles. The normalized spacial score (nSPS) is 52.7. The van der Waals surface area contributed by atoms with Gasteiger partial charge in [0.15, 0.2) is 11.6 Å². The van der Waals surface area contributed by atoms with Gasteiger partial charge in [-0.15, -0.1) is 0 Å². The molecule has 0 aromatic heterocycles. The highest BCUT2D eigenvalue weighted by atomic mass is 16.2. The van der Waals surface area contributed by atoms with Crippen molar-refractivity contribution in [3.8, 4) is 0 Å². The Kier molecular flexibility index (Phi) is 3.56. The molecule has 0 saturated heterocycles. The lowest BCUT2D eigenvalue weighted by molar-refractivity contribution is -0.154. The van der Waals surface area contributed by atoms with Gasteiger partial charge in [0, 0.05) is 12.8 Å². The van der Waals surface area contributed by atoms with E-state index in [1.165, 1.54) is 44.9 Å². The molecule has 7 atom stereocenters. The number of Topliss-reactive ketones (excluding diaryl/α,β-unsaturated/α-hetero) is 2. The summed E-state index contributed by atoms with van der Waals surface area (Å²) in [6, 6.07) is 0. The van der Waals surface area contributed by atoms with Crippen molar-refractivity contribution in [3.05, 3.63) is 0 Å². The fraction of sp³-hybridized carbons (Fsp3) is 0.905. The second-order valence-electron chi connectivity index (χ2n) is 9.61. The zero-order valence-corrected chi connectivity index (χ0v) is 15.1. The Morgan fingerprint density at radius 3 is 2.39 bits per heavy atom. The number of hydrogen-bond donors (Lipinski definition) is 0. The molecule has 0 amide bonds. The van der Waals surface area contributed by atoms with Gasteiger partial charge in [0.1, 0.15) is 0 Å². The van der Waals surface area contributed by atoms with Crippen LogP contribution in [0.1, 0.15) is 78.6 Å². The van der Waals surface area contributed by atoms with Crippen molar-refractivity contribution >= 4 is 11.6 Å². The van der Waals surface area contributed by atoms with Crippen LogP contribution in [-0.2, 0) is 9.59 Å². The van der Waals surface area contributed by atoms with Crippen molar-refractivity contribution in [3.63, 3.8) is 0 Å². The van der Waals surface area contributed by atoms with Crippen LogP contribution in [0.4, 0.5) is 0 Å². The van der Waals surface area contributed by atoms with E-state index in [1.54, 1.807) is 0 Å². The average molecular weight is 316 g/mol. The third kappa shape index (κ3) is 2.05. The average Bonchev–Trinajstić information content (AvgIpc) is 2.85. The molecule has 4 rings (SSSR count). The number of carbonyl (C=O) groups excluding carboxylic acids is 2. The Morgan fingerprint density at radius 2 is 1.65 bits per heavy atom. The molecule has 23 heavy (non-hydrogen) atoms. The molecule has 4 fully saturated rings. The van der Waals surface area contributed by atoms with Gasteiger partial charge in [-0.25, -0.2) is 0 Å². The second kappa shape index (κ2) is 5.17. The molecule has 0 N–H and O–H groups in total. The number of fused-ring (bicyclic) bond motifs is 5. The maximum absolute atomic E-state index is 12.2. The van der Waals surface area contributed by atoms with E-state index in [-0.39, 0.29) is 17.0 Å². The summed E-state index contributed by atoms with van der Waals surface area (Å²) in [4.78, 5) is 24.1. The lowest BCUT2D eigenvalue weighted by Gasteiger charge is -2.60. The minimum atomic E-state index is -0.0847. The van der Waals surface area contributed by atoms with Crippen LogP contribution < -0.4 is 0 Å². The molecular formula is C21H32O2. The molecule has 2 heteroatoms. The van der Waals surface area contributed by atoms with Crippen LogP contribution in [-0.4, -0.2) is 11.6 Å². The summed E-state index contributed by atoms with van der Waals surface area (Å²) in [5.41, 5.74) is 0.660. The Balaban J connectivity index is 1.64. The summed E-state index contributed by atoms with van der Waals surface area (Å²) < 4.78 is 0. The predicted molar refractivity (Wildman–Crippen MR) is 90.9 cm³/mol. The second-order valence-corrected chi connectivity index (χ2v) is 9.61. The first-order valence-electron chi connectivity index (χ1n) is 9.96. The van der Waals surface area contributed by atoms with Gasteiger partial charge in [-0.3, -0.25) is 9.59 Å². The lowest BCUT2D eigenvalue weighted by atomic mass is 9.44. The predicted octanol–water partition coefficient (Wildman–Crippen LogP) is 4.80. The monoisotopic (exact) mass is 316 g/mol. The van der Waals surface area contributed by atoms with E-state index in [2.05, 4.69) is 20.8 Å². The van der Waals surface area contributed by atoms with Crippen molar-refractivity contribution < 1.29 is 9.59 Å². The van der Waals surface area contributed by atoms with Crippen molar-refractivity contribution in [1.82, 2.24) is 0 Å². The van der Waals surface area contributed by atoms with Crippen molar-refractivity contribution in [2.24, 2.45) is 40.4 Å². The van der Waals surface area contributed by atoms with Gasteiger partial charge < -0.3 is 0 Å². The van der Waals surface area contributed by atoms with Gasteiger partial charge in [-0.05, 0) is 78.9 Å². The third-order valence-corrected chi connectivity index (χ3v) is 9.04. The van der Waals surface area contributed by atoms with Crippen LogP contribution >= 0.6 is 0 Å². The van der Waals surface area contributed by atoms with Gasteiger partial charge in [-0.1, -0.05) is 27.2 Å². The fourth-order valence-electron chi connectivity index (χ4n) is 7.71. The van der Waals surface area contributed by atoms with Gasteiger partial charge in [0.25, 0.3) is 0 Å². The van der Waals surface area contributed by atoms with Crippen LogP contribution in [0.2, 0.25) is 0 Å². The summed E-state index contributed by atoms with van der Waals surface area (Å²) in [6.07, 6.45) is 10.4. The number of hydrogen-bond acceptors (Lipinski definition) is 2. The Bertz CT molecular complexity index is 538. The molecule has 0 heterocycles. The number of ketones is 2. The molecule has 4 aliphatic rings. The maximum Gasteiger partial charge on any atom is 0.198 e. The molecule has 0 bridgehead atoms. The Morgan fingerprint density at radius 1 is 0.913 bits per heavy atom. The largest absolute Gasteiger partial charge is 0.291 e. The number of rotatable bonds is 1. The van der Waals surface area contributed by atoms with Gasteiger partial charge in [-0.2, -0.15) is 0 Å². The highest BCUT2D eigenvalue weighted by Gasteiger charge is 2.60. The summed E-state index contributed by atoms with van der Waals surface area (Å²) in [6.45, 7) is 7.29. The van der Waals surface area contributed by atoms with Crippen LogP contribution in [0.15, 0.2) is 0 Å². The zero-order valence-electron chi connectivity index (χ0n) is 15.1. The standard InChI is InChI=1S/C21H32O2/c1-4-13-6-8-16-15-7-5-14-11-18(22)19(23)12-21(14,3)17(15)9-10-20(13,16)2/h13-17H,4-12H2,1-3H3/t13-,14?,15-,16-,17-,20+,21-/m0/s1. The number of carbonyl (C=O) groups is 2. The van der Waals surface area contributed by atoms with Crippen LogP contribution in [0.5, 0.6) is 0 Å². The minimum Gasteiger partial charge on any atom is -0.291 e. The minimum absolute atomic E-state index is 0.0735. The molecule has 0 aliphatic heterocycles. The van der Waals surface area contributed by atoms with Crippen molar-refractivity contribution in [2.75, 3.05) is 0 Å². The summed E-state index contributed by atoms with van der Waals surface area (Å²) in [7, 11) is 0. The highest BCUT2D eigenvalue weighted by Crippen LogP contribution is 2.67. The highest BCUT2D eigenvalue weighted by molar-refractivity contribution is 6.38. The van der Waals surface area contributed by atoms with E-state index in [1.807, 2.05) is 0 Å². The third-order valence-electron chi connectivity index (χ3n) is 9.04. The Labute approximate surface area is 140 Å². The van der Waals surface area contributed by atoms with E-state index < -0.39 is 0 Å². The molecule has 128 valence electrons. The van der Waals surface area contributed by atoms with E-state index >= 15 is 0 Å². The topological polar surface area (TPSA) is 34.1 Å². The van der Waals surface area contributed by atoms with Crippen molar-refractivity contribution in [2.45, 2.75) is 78.6 Å². The molecule has 2 nitrogen and oxygen atoms in total. The first-order valence-corrected chi connectivity index (χ1v) is 9.96. The Hall–Kier alpha value is -0.660. The van der Waals surface area contributed by atoms with Gasteiger partial charge >= 0.3 is 0 Å². The SMILES string of the molecule is CC[C@H]1CC[C@H]2[C@@H]3CCC4CC(=O)C(=O)C[C@]4(C)[C@H]3CC[C@]12C. The first kappa shape index (κ1) is 15.8.